The van der Waals surface area contributed by atoms with Gasteiger partial charge in [0.15, 0.2) is 5.78 Å². The molecule has 0 aliphatic carbocycles. The topological polar surface area (TPSA) is 101 Å². The molecular formula is C28H34N4O4S2. The zero-order valence-electron chi connectivity index (χ0n) is 22.1. The SMILES string of the molecule is C=C1CCC(=O)N1CC(=O)CCCOc1ccc(/C(C)=N/NC(=O)CC(C)(C)SSc2ccccn2)cc1. The quantitative estimate of drug-likeness (QED) is 0.145. The Morgan fingerprint density at radius 3 is 2.61 bits per heavy atom. The van der Waals surface area contributed by atoms with Gasteiger partial charge in [-0.2, -0.15) is 5.10 Å². The third-order valence-electron chi connectivity index (χ3n) is 5.71. The summed E-state index contributed by atoms with van der Waals surface area (Å²) in [6, 6.07) is 13.2. The molecule has 38 heavy (non-hydrogen) atoms. The number of hydrogen-bond acceptors (Lipinski definition) is 8. The van der Waals surface area contributed by atoms with Crippen molar-refractivity contribution >= 4 is 44.9 Å². The van der Waals surface area contributed by atoms with E-state index in [0.29, 0.717) is 50.2 Å². The minimum Gasteiger partial charge on any atom is -0.494 e. The van der Waals surface area contributed by atoms with Gasteiger partial charge in [-0.05, 0) is 86.4 Å². The maximum absolute atomic E-state index is 12.5. The second-order valence-corrected chi connectivity index (χ2v) is 12.4. The summed E-state index contributed by atoms with van der Waals surface area (Å²) in [6.07, 6.45) is 4.04. The number of allylic oxidation sites excluding steroid dienone is 1. The standard InChI is InChI=1S/C28H34N4O4S2/c1-20-10-15-27(35)32(20)19-23(33)8-7-17-36-24-13-11-22(12-14-24)21(2)30-31-25(34)18-28(3,4)38-37-26-9-5-6-16-29-26/h5-6,9,11-14,16H,1,7-8,10,15,17-19H2,2-4H3,(H,31,34)/b30-21+. The first-order valence-electron chi connectivity index (χ1n) is 12.5. The highest BCUT2D eigenvalue weighted by Crippen LogP contribution is 2.41. The number of carbonyl (C=O) groups is 3. The number of benzene rings is 1. The highest BCUT2D eigenvalue weighted by atomic mass is 33.1. The minimum absolute atomic E-state index is 0.00293. The molecule has 2 aromatic rings. The number of aromatic nitrogens is 1. The largest absolute Gasteiger partial charge is 0.494 e. The Kier molecular flexibility index (Phi) is 11.0. The number of rotatable bonds is 14. The molecule has 8 nitrogen and oxygen atoms in total. The molecular weight excluding hydrogens is 520 g/mol. The Hall–Kier alpha value is -3.11. The molecule has 0 bridgehead atoms. The fourth-order valence-corrected chi connectivity index (χ4v) is 5.77. The summed E-state index contributed by atoms with van der Waals surface area (Å²) in [5.74, 6) is 0.501. The highest BCUT2D eigenvalue weighted by molar-refractivity contribution is 8.77. The molecule has 1 fully saturated rings. The maximum Gasteiger partial charge on any atom is 0.241 e. The number of amides is 2. The van der Waals surface area contributed by atoms with Crippen LogP contribution in [0.1, 0.15) is 58.4 Å². The normalized spacial score (nSPS) is 14.1. The van der Waals surface area contributed by atoms with Crippen molar-refractivity contribution in [1.82, 2.24) is 15.3 Å². The van der Waals surface area contributed by atoms with E-state index in [0.717, 1.165) is 16.3 Å². The van der Waals surface area contributed by atoms with Crippen LogP contribution < -0.4 is 10.2 Å². The van der Waals surface area contributed by atoms with E-state index in [2.05, 4.69) is 22.1 Å². The van der Waals surface area contributed by atoms with Crippen LogP contribution in [0, 0.1) is 0 Å². The third kappa shape index (κ3) is 9.64. The number of ether oxygens (including phenoxy) is 1. The van der Waals surface area contributed by atoms with Crippen molar-refractivity contribution in [2.24, 2.45) is 5.10 Å². The van der Waals surface area contributed by atoms with Crippen LogP contribution in [0.25, 0.3) is 0 Å². The summed E-state index contributed by atoms with van der Waals surface area (Å²) in [7, 11) is 3.15. The molecule has 1 aliphatic rings. The van der Waals surface area contributed by atoms with E-state index in [1.807, 2.05) is 63.2 Å². The average Bonchev–Trinajstić information content (AvgIpc) is 3.21. The zero-order chi connectivity index (χ0) is 27.5. The van der Waals surface area contributed by atoms with Crippen LogP contribution in [-0.4, -0.2) is 51.1 Å². The summed E-state index contributed by atoms with van der Waals surface area (Å²) in [4.78, 5) is 42.2. The summed E-state index contributed by atoms with van der Waals surface area (Å²) >= 11 is 0. The molecule has 0 radical (unpaired) electrons. The fourth-order valence-electron chi connectivity index (χ4n) is 3.62. The van der Waals surface area contributed by atoms with Crippen LogP contribution >= 0.6 is 21.6 Å². The van der Waals surface area contributed by atoms with Gasteiger partial charge in [0.2, 0.25) is 11.8 Å². The minimum atomic E-state index is -0.292. The number of ketones is 1. The summed E-state index contributed by atoms with van der Waals surface area (Å²) in [6.45, 7) is 10.2. The number of carbonyl (C=O) groups excluding carboxylic acids is 3. The molecule has 2 amide bonds. The number of hydrogen-bond donors (Lipinski definition) is 1. The second kappa shape index (κ2) is 14.2. The molecule has 0 spiro atoms. The van der Waals surface area contributed by atoms with Crippen LogP contribution in [0.5, 0.6) is 5.75 Å². The van der Waals surface area contributed by atoms with E-state index in [1.54, 1.807) is 27.8 Å². The lowest BCUT2D eigenvalue weighted by Crippen LogP contribution is -2.29. The number of nitrogens with one attached hydrogen (secondary N) is 1. The molecule has 1 N–H and O–H groups in total. The predicted octanol–water partition coefficient (Wildman–Crippen LogP) is 5.40. The zero-order valence-corrected chi connectivity index (χ0v) is 23.7. The van der Waals surface area contributed by atoms with Gasteiger partial charge in [0.25, 0.3) is 0 Å². The predicted molar refractivity (Wildman–Crippen MR) is 153 cm³/mol. The van der Waals surface area contributed by atoms with Crippen molar-refractivity contribution < 1.29 is 19.1 Å². The van der Waals surface area contributed by atoms with Gasteiger partial charge in [0, 0.05) is 35.9 Å². The molecule has 1 aromatic heterocycles. The molecule has 1 saturated heterocycles. The molecule has 0 atom stereocenters. The van der Waals surface area contributed by atoms with E-state index in [9.17, 15) is 14.4 Å². The van der Waals surface area contributed by atoms with Crippen LogP contribution in [0.2, 0.25) is 0 Å². The summed E-state index contributed by atoms with van der Waals surface area (Å²) < 4.78 is 5.45. The van der Waals surface area contributed by atoms with Crippen molar-refractivity contribution in [3.8, 4) is 5.75 Å². The van der Waals surface area contributed by atoms with Gasteiger partial charge in [-0.1, -0.05) is 23.4 Å². The van der Waals surface area contributed by atoms with Gasteiger partial charge in [-0.25, -0.2) is 10.4 Å². The molecule has 0 saturated carbocycles. The lowest BCUT2D eigenvalue weighted by molar-refractivity contribution is -0.131. The molecule has 3 rings (SSSR count). The van der Waals surface area contributed by atoms with Gasteiger partial charge < -0.3 is 9.64 Å². The van der Waals surface area contributed by atoms with E-state index in [-0.39, 0.29) is 28.9 Å². The van der Waals surface area contributed by atoms with Crippen molar-refractivity contribution in [2.75, 3.05) is 13.2 Å². The molecule has 1 aliphatic heterocycles. The molecule has 0 unspecified atom stereocenters. The van der Waals surface area contributed by atoms with Gasteiger partial charge in [-0.3, -0.25) is 14.4 Å². The van der Waals surface area contributed by atoms with Crippen LogP contribution in [0.3, 0.4) is 0 Å². The van der Waals surface area contributed by atoms with E-state index >= 15 is 0 Å². The van der Waals surface area contributed by atoms with Crippen LogP contribution in [0.4, 0.5) is 0 Å². The van der Waals surface area contributed by atoms with Crippen LogP contribution in [-0.2, 0) is 14.4 Å². The van der Waals surface area contributed by atoms with Crippen LogP contribution in [0.15, 0.2) is 71.1 Å². The Morgan fingerprint density at radius 2 is 1.95 bits per heavy atom. The number of hydrazone groups is 1. The Balaban J connectivity index is 1.37. The highest BCUT2D eigenvalue weighted by Gasteiger charge is 2.26. The monoisotopic (exact) mass is 554 g/mol. The second-order valence-electron chi connectivity index (χ2n) is 9.56. The maximum atomic E-state index is 12.5. The van der Waals surface area contributed by atoms with Crippen molar-refractivity contribution in [3.63, 3.8) is 0 Å². The number of pyridine rings is 1. The van der Waals surface area contributed by atoms with Gasteiger partial charge in [0.1, 0.15) is 10.8 Å². The van der Waals surface area contributed by atoms with Gasteiger partial charge in [0.05, 0.1) is 18.9 Å². The molecule has 2 heterocycles. The number of nitrogens with zero attached hydrogens (tertiary/aromatic N) is 3. The third-order valence-corrected chi connectivity index (χ3v) is 8.92. The van der Waals surface area contributed by atoms with E-state index < -0.39 is 0 Å². The first-order valence-corrected chi connectivity index (χ1v) is 14.6. The lowest BCUT2D eigenvalue weighted by atomic mass is 10.1. The molecule has 202 valence electrons. The average molecular weight is 555 g/mol. The molecule has 10 heteroatoms. The smallest absolute Gasteiger partial charge is 0.241 e. The van der Waals surface area contributed by atoms with Crippen molar-refractivity contribution in [3.05, 3.63) is 66.5 Å². The van der Waals surface area contributed by atoms with Gasteiger partial charge in [-0.15, -0.1) is 0 Å². The van der Waals surface area contributed by atoms with Crippen molar-refractivity contribution in [1.29, 1.82) is 0 Å². The first-order chi connectivity index (χ1) is 18.1. The Bertz CT molecular complexity index is 1150. The number of likely N-dealkylation sites (tertiary alicyclic amines) is 1. The Labute approximate surface area is 232 Å². The fraction of sp³-hybridized carbons (Fsp3) is 0.393. The van der Waals surface area contributed by atoms with E-state index in [4.69, 9.17) is 4.74 Å². The number of Topliss-reactive ketones (excluding diaryl/α,β-unsaturated/α-hetero) is 1. The Morgan fingerprint density at radius 1 is 1.18 bits per heavy atom. The first kappa shape index (κ1) is 29.4. The summed E-state index contributed by atoms with van der Waals surface area (Å²) in [5.41, 5.74) is 4.92. The van der Waals surface area contributed by atoms with Gasteiger partial charge >= 0.3 is 0 Å². The lowest BCUT2D eigenvalue weighted by Gasteiger charge is -2.21. The van der Waals surface area contributed by atoms with E-state index in [1.165, 1.54) is 4.90 Å². The summed E-state index contributed by atoms with van der Waals surface area (Å²) in [5, 5.41) is 5.16. The molecule has 1 aromatic carbocycles. The van der Waals surface area contributed by atoms with Crippen molar-refractivity contribution in [2.45, 2.75) is 62.6 Å².